The zero-order chi connectivity index (χ0) is 23.0. The first-order chi connectivity index (χ1) is 14.7. The molecule has 1 aromatic carbocycles. The maximum atomic E-state index is 3.36. The number of rotatable bonds is 9. The maximum Gasteiger partial charge on any atom is -0.0154 e. The van der Waals surface area contributed by atoms with Crippen LogP contribution >= 0.6 is 7.92 Å². The summed E-state index contributed by atoms with van der Waals surface area (Å²) in [6.45, 7) is 17.9. The van der Waals surface area contributed by atoms with E-state index in [9.17, 15) is 0 Å². The Bertz CT molecular complexity index is 697. The standard InChI is InChI=1S/C24H31P.C3H6.C2H6/c1-5-8-9-10-11-12-13-15-19-23(18-6-2)25(22(4)7-3)24-20-16-14-17-21-24;1-3-2;1-2/h5,7-12,14-21H,6,13H2,1-4H3;3H,1H2,2H3;1-2H3/b8-5-,10-9-,12-11+,19-15-,22-7+,23-18+;;. The maximum absolute atomic E-state index is 3.36. The van der Waals surface area contributed by atoms with Gasteiger partial charge in [-0.15, -0.1) is 6.58 Å². The molecule has 0 aromatic heterocycles. The minimum atomic E-state index is -0.431. The van der Waals surface area contributed by atoms with Gasteiger partial charge in [-0.05, 0) is 64.4 Å². The van der Waals surface area contributed by atoms with E-state index >= 15 is 0 Å². The fraction of sp³-hybridized carbons (Fsp3) is 0.310. The van der Waals surface area contributed by atoms with Crippen LogP contribution in [0.1, 0.15) is 61.3 Å². The third kappa shape index (κ3) is 14.8. The summed E-state index contributed by atoms with van der Waals surface area (Å²) in [5.74, 6) is 0. The van der Waals surface area contributed by atoms with E-state index in [4.69, 9.17) is 0 Å². The molecule has 1 aromatic rings. The third-order valence-corrected chi connectivity index (χ3v) is 6.31. The molecule has 0 fully saturated rings. The van der Waals surface area contributed by atoms with Crippen molar-refractivity contribution in [1.82, 2.24) is 0 Å². The summed E-state index contributed by atoms with van der Waals surface area (Å²) in [7, 11) is -0.431. The molecule has 1 unspecified atom stereocenters. The molecule has 1 heteroatoms. The van der Waals surface area contributed by atoms with Crippen LogP contribution in [0.25, 0.3) is 0 Å². The summed E-state index contributed by atoms with van der Waals surface area (Å²) in [6.07, 6.45) is 25.4. The van der Waals surface area contributed by atoms with E-state index in [0.717, 1.165) is 12.8 Å². The molecule has 0 heterocycles. The summed E-state index contributed by atoms with van der Waals surface area (Å²) < 4.78 is 0. The van der Waals surface area contributed by atoms with Crippen molar-refractivity contribution in [2.24, 2.45) is 0 Å². The fourth-order valence-electron chi connectivity index (χ4n) is 2.37. The van der Waals surface area contributed by atoms with Gasteiger partial charge in [-0.25, -0.2) is 0 Å². The molecule has 1 atom stereocenters. The normalized spacial score (nSPS) is 13.3. The van der Waals surface area contributed by atoms with Gasteiger partial charge in [0.1, 0.15) is 0 Å². The van der Waals surface area contributed by atoms with Crippen LogP contribution in [0.2, 0.25) is 0 Å². The van der Waals surface area contributed by atoms with E-state index in [1.54, 1.807) is 6.08 Å². The highest BCUT2D eigenvalue weighted by Gasteiger charge is 2.15. The molecule has 1 rings (SSSR count). The van der Waals surface area contributed by atoms with E-state index < -0.39 is 7.92 Å². The van der Waals surface area contributed by atoms with Crippen molar-refractivity contribution < 1.29 is 0 Å². The van der Waals surface area contributed by atoms with Crippen molar-refractivity contribution in [2.45, 2.75) is 61.3 Å². The average molecular weight is 423 g/mol. The highest BCUT2D eigenvalue weighted by Crippen LogP contribution is 2.51. The van der Waals surface area contributed by atoms with Crippen molar-refractivity contribution >= 4 is 13.2 Å². The minimum absolute atomic E-state index is 0.431. The van der Waals surface area contributed by atoms with Crippen molar-refractivity contribution in [3.05, 3.63) is 114 Å². The van der Waals surface area contributed by atoms with E-state index in [0.29, 0.717) is 0 Å². The number of benzene rings is 1. The van der Waals surface area contributed by atoms with Gasteiger partial charge in [-0.1, -0.05) is 118 Å². The van der Waals surface area contributed by atoms with Gasteiger partial charge in [-0.3, -0.25) is 0 Å². The van der Waals surface area contributed by atoms with Gasteiger partial charge in [0.2, 0.25) is 0 Å². The monoisotopic (exact) mass is 422 g/mol. The number of allylic oxidation sites excluding steroid dienone is 13. The molecule has 0 amide bonds. The molecule has 164 valence electrons. The summed E-state index contributed by atoms with van der Waals surface area (Å²) >= 11 is 0. The molecule has 0 saturated carbocycles. The zero-order valence-electron chi connectivity index (χ0n) is 20.3. The Balaban J connectivity index is 0. The first-order valence-corrected chi connectivity index (χ1v) is 12.4. The van der Waals surface area contributed by atoms with Gasteiger partial charge in [0.15, 0.2) is 0 Å². The van der Waals surface area contributed by atoms with Gasteiger partial charge in [0.05, 0.1) is 0 Å². The quantitative estimate of drug-likeness (QED) is 0.211. The Kier molecular flexibility index (Phi) is 23.1. The lowest BCUT2D eigenvalue weighted by molar-refractivity contribution is 1.22. The average Bonchev–Trinajstić information content (AvgIpc) is 2.78. The second-order valence-corrected chi connectivity index (χ2v) is 8.43. The fourth-order valence-corrected chi connectivity index (χ4v) is 4.83. The van der Waals surface area contributed by atoms with Gasteiger partial charge in [-0.2, -0.15) is 0 Å². The second kappa shape index (κ2) is 23.1. The smallest absolute Gasteiger partial charge is 0.0154 e. The first-order valence-electron chi connectivity index (χ1n) is 11.0. The Labute approximate surface area is 189 Å². The van der Waals surface area contributed by atoms with Crippen molar-refractivity contribution in [3.63, 3.8) is 0 Å². The molecule has 0 N–H and O–H groups in total. The molecule has 0 aliphatic heterocycles. The van der Waals surface area contributed by atoms with E-state index in [1.165, 1.54) is 15.9 Å². The minimum Gasteiger partial charge on any atom is -0.103 e. The first kappa shape index (κ1) is 30.0. The second-order valence-electron chi connectivity index (χ2n) is 6.02. The van der Waals surface area contributed by atoms with Gasteiger partial charge in [0, 0.05) is 0 Å². The molecule has 0 nitrogen and oxygen atoms in total. The van der Waals surface area contributed by atoms with Crippen LogP contribution in [-0.2, 0) is 0 Å². The van der Waals surface area contributed by atoms with Crippen LogP contribution in [-0.4, -0.2) is 0 Å². The largest absolute Gasteiger partial charge is 0.103 e. The van der Waals surface area contributed by atoms with Crippen LogP contribution in [0, 0.1) is 0 Å². The Morgan fingerprint density at radius 2 is 1.53 bits per heavy atom. The van der Waals surface area contributed by atoms with Crippen molar-refractivity contribution in [1.29, 1.82) is 0 Å². The van der Waals surface area contributed by atoms with Crippen LogP contribution in [0.15, 0.2) is 114 Å². The lowest BCUT2D eigenvalue weighted by atomic mass is 10.3. The third-order valence-electron chi connectivity index (χ3n) is 3.68. The molecule has 30 heavy (non-hydrogen) atoms. The molecular formula is C29H43P. The molecular weight excluding hydrogens is 379 g/mol. The molecule has 0 saturated heterocycles. The molecule has 0 aliphatic rings. The Hall–Kier alpha value is -2.17. The van der Waals surface area contributed by atoms with Crippen LogP contribution in [0.3, 0.4) is 0 Å². The molecule has 0 radical (unpaired) electrons. The highest BCUT2D eigenvalue weighted by molar-refractivity contribution is 7.73. The highest BCUT2D eigenvalue weighted by atomic mass is 31.1. The van der Waals surface area contributed by atoms with E-state index in [2.05, 4.69) is 100 Å². The predicted molar refractivity (Wildman–Crippen MR) is 145 cm³/mol. The van der Waals surface area contributed by atoms with Crippen molar-refractivity contribution in [2.75, 3.05) is 0 Å². The van der Waals surface area contributed by atoms with Crippen LogP contribution in [0.5, 0.6) is 0 Å². The summed E-state index contributed by atoms with van der Waals surface area (Å²) in [5.41, 5.74) is 0. The van der Waals surface area contributed by atoms with E-state index in [-0.39, 0.29) is 0 Å². The SMILES string of the molecule is C=CC.CC.C\C=C/C=C\C=C\C/C=C\C(=C/CC)P(/C(C)=C/C)c1ccccc1. The van der Waals surface area contributed by atoms with Gasteiger partial charge < -0.3 is 0 Å². The predicted octanol–water partition coefficient (Wildman–Crippen LogP) is 9.86. The molecule has 0 spiro atoms. The van der Waals surface area contributed by atoms with Crippen molar-refractivity contribution in [3.8, 4) is 0 Å². The van der Waals surface area contributed by atoms with Gasteiger partial charge >= 0.3 is 0 Å². The lowest BCUT2D eigenvalue weighted by Crippen LogP contribution is -2.02. The summed E-state index contributed by atoms with van der Waals surface area (Å²) in [5, 5.41) is 4.31. The lowest BCUT2D eigenvalue weighted by Gasteiger charge is -2.20. The van der Waals surface area contributed by atoms with Crippen LogP contribution in [0.4, 0.5) is 0 Å². The summed E-state index contributed by atoms with van der Waals surface area (Å²) in [4.78, 5) is 0. The number of hydrogen-bond acceptors (Lipinski definition) is 0. The molecule has 0 aliphatic carbocycles. The Morgan fingerprint density at radius 1 is 0.933 bits per heavy atom. The van der Waals surface area contributed by atoms with E-state index in [1.807, 2.05) is 45.9 Å². The zero-order valence-corrected chi connectivity index (χ0v) is 21.2. The topological polar surface area (TPSA) is 0 Å². The van der Waals surface area contributed by atoms with Crippen LogP contribution < -0.4 is 5.30 Å². The summed E-state index contributed by atoms with van der Waals surface area (Å²) in [6, 6.07) is 10.9. The number of hydrogen-bond donors (Lipinski definition) is 0. The Morgan fingerprint density at radius 3 is 2.07 bits per heavy atom. The van der Waals surface area contributed by atoms with Gasteiger partial charge in [0.25, 0.3) is 0 Å². The molecule has 0 bridgehead atoms.